The summed E-state index contributed by atoms with van der Waals surface area (Å²) in [6.45, 7) is 1.29. The van der Waals surface area contributed by atoms with E-state index in [1.54, 1.807) is 0 Å². The Morgan fingerprint density at radius 1 is 1.44 bits per heavy atom. The minimum absolute atomic E-state index is 0.0601. The monoisotopic (exact) mass is 131 g/mol. The molecule has 0 aromatic rings. The number of nitrogens with one attached hydrogen (secondary N) is 1. The number of hydrogen-bond donors (Lipinski definition) is 3. The van der Waals surface area contributed by atoms with E-state index in [0.29, 0.717) is 13.1 Å². The molecule has 0 spiro atoms. The standard InChI is InChI=1S/C5H13N3O/c6-2-1-3-8-5(9)4-7/h1-4,6-7H2,(H,8,9). The van der Waals surface area contributed by atoms with Gasteiger partial charge in [-0.25, -0.2) is 0 Å². The summed E-state index contributed by atoms with van der Waals surface area (Å²) in [5.74, 6) is -0.122. The second-order valence-corrected chi connectivity index (χ2v) is 1.70. The van der Waals surface area contributed by atoms with E-state index in [-0.39, 0.29) is 12.5 Å². The lowest BCUT2D eigenvalue weighted by Crippen LogP contribution is -2.31. The first-order valence-electron chi connectivity index (χ1n) is 2.98. The lowest BCUT2D eigenvalue weighted by atomic mass is 10.4. The first kappa shape index (κ1) is 8.39. The van der Waals surface area contributed by atoms with Crippen molar-refractivity contribution in [2.75, 3.05) is 19.6 Å². The van der Waals surface area contributed by atoms with Crippen molar-refractivity contribution in [1.29, 1.82) is 0 Å². The highest BCUT2D eigenvalue weighted by molar-refractivity contribution is 5.77. The molecule has 0 aromatic carbocycles. The molecule has 0 aliphatic carbocycles. The number of carbonyl (C=O) groups is 1. The average molecular weight is 131 g/mol. The van der Waals surface area contributed by atoms with Gasteiger partial charge in [-0.2, -0.15) is 0 Å². The smallest absolute Gasteiger partial charge is 0.233 e. The molecule has 0 aromatic heterocycles. The van der Waals surface area contributed by atoms with Gasteiger partial charge in [-0.1, -0.05) is 0 Å². The van der Waals surface area contributed by atoms with Crippen LogP contribution in [0.5, 0.6) is 0 Å². The molecular weight excluding hydrogens is 118 g/mol. The third-order valence-electron chi connectivity index (χ3n) is 0.888. The quantitative estimate of drug-likeness (QED) is 0.402. The molecule has 0 heterocycles. The van der Waals surface area contributed by atoms with E-state index in [1.807, 2.05) is 0 Å². The molecular formula is C5H13N3O. The highest BCUT2D eigenvalue weighted by atomic mass is 16.1. The predicted molar refractivity (Wildman–Crippen MR) is 35.7 cm³/mol. The average Bonchev–Trinajstić information content (AvgIpc) is 1.89. The second kappa shape index (κ2) is 5.53. The van der Waals surface area contributed by atoms with Crippen molar-refractivity contribution in [1.82, 2.24) is 5.32 Å². The molecule has 4 nitrogen and oxygen atoms in total. The van der Waals surface area contributed by atoms with Gasteiger partial charge in [0.05, 0.1) is 6.54 Å². The fourth-order valence-corrected chi connectivity index (χ4v) is 0.402. The van der Waals surface area contributed by atoms with Crippen LogP contribution in [0.15, 0.2) is 0 Å². The largest absolute Gasteiger partial charge is 0.355 e. The molecule has 0 aliphatic heterocycles. The van der Waals surface area contributed by atoms with E-state index >= 15 is 0 Å². The van der Waals surface area contributed by atoms with Crippen LogP contribution >= 0.6 is 0 Å². The summed E-state index contributed by atoms with van der Waals surface area (Å²) < 4.78 is 0. The zero-order valence-corrected chi connectivity index (χ0v) is 5.39. The molecule has 0 radical (unpaired) electrons. The molecule has 0 rings (SSSR count). The summed E-state index contributed by atoms with van der Waals surface area (Å²) in [6.07, 6.45) is 0.811. The van der Waals surface area contributed by atoms with Crippen LogP contribution < -0.4 is 16.8 Å². The van der Waals surface area contributed by atoms with Crippen molar-refractivity contribution < 1.29 is 4.79 Å². The maximum Gasteiger partial charge on any atom is 0.233 e. The van der Waals surface area contributed by atoms with Gasteiger partial charge in [0, 0.05) is 6.54 Å². The van der Waals surface area contributed by atoms with Crippen molar-refractivity contribution in [2.24, 2.45) is 11.5 Å². The maximum absolute atomic E-state index is 10.4. The number of carbonyl (C=O) groups excluding carboxylic acids is 1. The first-order chi connectivity index (χ1) is 4.31. The van der Waals surface area contributed by atoms with Crippen LogP contribution in [0.25, 0.3) is 0 Å². The van der Waals surface area contributed by atoms with Gasteiger partial charge in [0.25, 0.3) is 0 Å². The van der Waals surface area contributed by atoms with Gasteiger partial charge in [0.1, 0.15) is 0 Å². The van der Waals surface area contributed by atoms with Gasteiger partial charge in [-0.15, -0.1) is 0 Å². The number of nitrogens with two attached hydrogens (primary N) is 2. The van der Waals surface area contributed by atoms with Crippen LogP contribution in [0, 0.1) is 0 Å². The number of rotatable bonds is 4. The van der Waals surface area contributed by atoms with Crippen molar-refractivity contribution in [3.05, 3.63) is 0 Å². The minimum atomic E-state index is -0.122. The van der Waals surface area contributed by atoms with Crippen LogP contribution in [-0.4, -0.2) is 25.5 Å². The van der Waals surface area contributed by atoms with Gasteiger partial charge >= 0.3 is 0 Å². The van der Waals surface area contributed by atoms with Gasteiger partial charge in [-0.3, -0.25) is 4.79 Å². The van der Waals surface area contributed by atoms with Gasteiger partial charge < -0.3 is 16.8 Å². The van der Waals surface area contributed by atoms with E-state index in [1.165, 1.54) is 0 Å². The zero-order valence-electron chi connectivity index (χ0n) is 5.39. The van der Waals surface area contributed by atoms with Gasteiger partial charge in [0.2, 0.25) is 5.91 Å². The summed E-state index contributed by atoms with van der Waals surface area (Å²) in [7, 11) is 0. The normalized spacial score (nSPS) is 9.11. The summed E-state index contributed by atoms with van der Waals surface area (Å²) in [5.41, 5.74) is 10.2. The van der Waals surface area contributed by atoms with Crippen molar-refractivity contribution >= 4 is 5.91 Å². The molecule has 5 N–H and O–H groups in total. The highest BCUT2D eigenvalue weighted by Gasteiger charge is 1.92. The molecule has 1 amide bonds. The maximum atomic E-state index is 10.4. The first-order valence-corrected chi connectivity index (χ1v) is 2.98. The molecule has 0 saturated heterocycles. The predicted octanol–water partition coefficient (Wildman–Crippen LogP) is -1.59. The molecule has 0 fully saturated rings. The Morgan fingerprint density at radius 2 is 2.11 bits per heavy atom. The Balaban J connectivity index is 2.97. The molecule has 0 saturated carbocycles. The van der Waals surface area contributed by atoms with E-state index < -0.39 is 0 Å². The van der Waals surface area contributed by atoms with Crippen LogP contribution in [0.2, 0.25) is 0 Å². The van der Waals surface area contributed by atoms with Crippen LogP contribution in [0.4, 0.5) is 0 Å². The molecule has 0 atom stereocenters. The molecule has 9 heavy (non-hydrogen) atoms. The van der Waals surface area contributed by atoms with Crippen LogP contribution in [0.1, 0.15) is 6.42 Å². The Morgan fingerprint density at radius 3 is 2.56 bits per heavy atom. The summed E-state index contributed by atoms with van der Waals surface area (Å²) in [6, 6.07) is 0. The van der Waals surface area contributed by atoms with E-state index in [9.17, 15) is 4.79 Å². The SMILES string of the molecule is NCCCNC(=O)CN. The van der Waals surface area contributed by atoms with E-state index in [4.69, 9.17) is 11.5 Å². The molecule has 0 unspecified atom stereocenters. The third kappa shape index (κ3) is 5.26. The topological polar surface area (TPSA) is 81.1 Å². The van der Waals surface area contributed by atoms with Crippen LogP contribution in [0.3, 0.4) is 0 Å². The Hall–Kier alpha value is -0.610. The fraction of sp³-hybridized carbons (Fsp3) is 0.800. The van der Waals surface area contributed by atoms with E-state index in [2.05, 4.69) is 5.32 Å². The van der Waals surface area contributed by atoms with Crippen molar-refractivity contribution in [3.8, 4) is 0 Å². The summed E-state index contributed by atoms with van der Waals surface area (Å²) in [5, 5.41) is 2.59. The third-order valence-corrected chi connectivity index (χ3v) is 0.888. The van der Waals surface area contributed by atoms with Crippen LogP contribution in [-0.2, 0) is 4.79 Å². The number of amides is 1. The Bertz CT molecular complexity index is 84.3. The molecule has 0 bridgehead atoms. The molecule has 54 valence electrons. The Labute approximate surface area is 54.6 Å². The summed E-state index contributed by atoms with van der Waals surface area (Å²) >= 11 is 0. The van der Waals surface area contributed by atoms with E-state index in [0.717, 1.165) is 6.42 Å². The molecule has 4 heteroatoms. The highest BCUT2D eigenvalue weighted by Crippen LogP contribution is 1.68. The summed E-state index contributed by atoms with van der Waals surface area (Å²) in [4.78, 5) is 10.4. The van der Waals surface area contributed by atoms with Gasteiger partial charge in [-0.05, 0) is 13.0 Å². The molecule has 0 aliphatic rings. The van der Waals surface area contributed by atoms with Crippen molar-refractivity contribution in [2.45, 2.75) is 6.42 Å². The van der Waals surface area contributed by atoms with Gasteiger partial charge in [0.15, 0.2) is 0 Å². The lowest BCUT2D eigenvalue weighted by molar-refractivity contribution is -0.119. The fourth-order valence-electron chi connectivity index (χ4n) is 0.402. The number of hydrogen-bond acceptors (Lipinski definition) is 3. The zero-order chi connectivity index (χ0) is 7.11. The lowest BCUT2D eigenvalue weighted by Gasteiger charge is -1.99. The van der Waals surface area contributed by atoms with Crippen molar-refractivity contribution in [3.63, 3.8) is 0 Å². The Kier molecular flexibility index (Phi) is 5.15. The minimum Gasteiger partial charge on any atom is -0.355 e. The second-order valence-electron chi connectivity index (χ2n) is 1.70.